The molecular formula is C12H15N5O. The Balaban J connectivity index is 2.06. The monoisotopic (exact) mass is 245 g/mol. The summed E-state index contributed by atoms with van der Waals surface area (Å²) in [7, 11) is 0. The summed E-state index contributed by atoms with van der Waals surface area (Å²) in [5.41, 5.74) is 7.06. The maximum absolute atomic E-state index is 11.6. The lowest BCUT2D eigenvalue weighted by Gasteiger charge is -2.10. The van der Waals surface area contributed by atoms with Crippen molar-refractivity contribution in [3.8, 4) is 5.69 Å². The van der Waals surface area contributed by atoms with Gasteiger partial charge in [0, 0.05) is 18.2 Å². The Bertz CT molecular complexity index is 506. The van der Waals surface area contributed by atoms with Crippen LogP contribution in [0.15, 0.2) is 36.7 Å². The molecule has 2 aromatic rings. The first kappa shape index (κ1) is 12.3. The molecule has 1 aromatic carbocycles. The zero-order valence-electron chi connectivity index (χ0n) is 10.1. The van der Waals surface area contributed by atoms with Crippen molar-refractivity contribution in [2.75, 3.05) is 11.9 Å². The van der Waals surface area contributed by atoms with E-state index in [9.17, 15) is 4.79 Å². The van der Waals surface area contributed by atoms with E-state index < -0.39 is 0 Å². The summed E-state index contributed by atoms with van der Waals surface area (Å²) in [6, 6.07) is 7.35. The molecule has 0 fully saturated rings. The van der Waals surface area contributed by atoms with Crippen LogP contribution in [0.1, 0.15) is 6.92 Å². The van der Waals surface area contributed by atoms with E-state index in [-0.39, 0.29) is 11.8 Å². The molecule has 0 saturated heterocycles. The van der Waals surface area contributed by atoms with Gasteiger partial charge in [-0.1, -0.05) is 12.1 Å². The molecular weight excluding hydrogens is 230 g/mol. The summed E-state index contributed by atoms with van der Waals surface area (Å²) in [4.78, 5) is 11.6. The van der Waals surface area contributed by atoms with Crippen molar-refractivity contribution in [3.05, 3.63) is 36.7 Å². The molecule has 2 rings (SSSR count). The van der Waals surface area contributed by atoms with Crippen LogP contribution in [0.5, 0.6) is 0 Å². The number of carbonyl (C=O) groups is 1. The highest BCUT2D eigenvalue weighted by Crippen LogP contribution is 2.13. The number of carbonyl (C=O) groups excluding carboxylic acids is 1. The number of nitrogens with one attached hydrogen (secondary N) is 1. The van der Waals surface area contributed by atoms with Crippen LogP contribution >= 0.6 is 0 Å². The molecule has 1 heterocycles. The fraction of sp³-hybridized carbons (Fsp3) is 0.250. The van der Waals surface area contributed by atoms with Crippen molar-refractivity contribution >= 4 is 11.6 Å². The quantitative estimate of drug-likeness (QED) is 0.834. The Hall–Kier alpha value is -2.21. The van der Waals surface area contributed by atoms with Crippen LogP contribution in [0.3, 0.4) is 0 Å². The van der Waals surface area contributed by atoms with Crippen molar-refractivity contribution in [2.45, 2.75) is 6.92 Å². The highest BCUT2D eigenvalue weighted by molar-refractivity contribution is 5.92. The number of amides is 1. The van der Waals surface area contributed by atoms with Gasteiger partial charge < -0.3 is 11.1 Å². The summed E-state index contributed by atoms with van der Waals surface area (Å²) < 4.78 is 1.65. The lowest BCUT2D eigenvalue weighted by molar-refractivity contribution is -0.119. The van der Waals surface area contributed by atoms with Gasteiger partial charge in [0.2, 0.25) is 5.91 Å². The highest BCUT2D eigenvalue weighted by atomic mass is 16.1. The maximum atomic E-state index is 11.6. The highest BCUT2D eigenvalue weighted by Gasteiger charge is 2.10. The van der Waals surface area contributed by atoms with E-state index in [0.717, 1.165) is 11.4 Å². The molecule has 6 heteroatoms. The van der Waals surface area contributed by atoms with Gasteiger partial charge in [-0.25, -0.2) is 4.68 Å². The molecule has 3 N–H and O–H groups in total. The molecule has 0 aliphatic rings. The molecule has 0 radical (unpaired) electrons. The van der Waals surface area contributed by atoms with Gasteiger partial charge in [-0.3, -0.25) is 4.79 Å². The third-order valence-corrected chi connectivity index (χ3v) is 2.62. The predicted octanol–water partition coefficient (Wildman–Crippen LogP) is 0.801. The minimum absolute atomic E-state index is 0.0778. The van der Waals surface area contributed by atoms with Gasteiger partial charge in [-0.05, 0) is 24.3 Å². The third kappa shape index (κ3) is 2.72. The van der Waals surface area contributed by atoms with Gasteiger partial charge in [0.15, 0.2) is 0 Å². The number of nitrogens with two attached hydrogens (primary N) is 1. The average Bonchev–Trinajstić information content (AvgIpc) is 2.92. The first-order valence-electron chi connectivity index (χ1n) is 5.68. The first-order chi connectivity index (χ1) is 8.70. The minimum Gasteiger partial charge on any atom is -0.330 e. The van der Waals surface area contributed by atoms with E-state index >= 15 is 0 Å². The van der Waals surface area contributed by atoms with Gasteiger partial charge in [0.1, 0.15) is 0 Å². The normalized spacial score (nSPS) is 12.1. The van der Waals surface area contributed by atoms with Crippen LogP contribution in [-0.4, -0.2) is 27.4 Å². The Kier molecular flexibility index (Phi) is 3.69. The van der Waals surface area contributed by atoms with Gasteiger partial charge in [-0.2, -0.15) is 0 Å². The van der Waals surface area contributed by atoms with E-state index in [0.29, 0.717) is 6.54 Å². The topological polar surface area (TPSA) is 85.8 Å². The fourth-order valence-electron chi connectivity index (χ4n) is 1.42. The second-order valence-corrected chi connectivity index (χ2v) is 4.02. The number of anilines is 1. The Morgan fingerprint density at radius 1 is 1.44 bits per heavy atom. The number of benzene rings is 1. The SMILES string of the molecule is CC(CN)C(=O)Nc1ccc(-n2ccnn2)cc1. The summed E-state index contributed by atoms with van der Waals surface area (Å²) in [5.74, 6) is -0.272. The van der Waals surface area contributed by atoms with Crippen molar-refractivity contribution in [1.29, 1.82) is 0 Å². The smallest absolute Gasteiger partial charge is 0.228 e. The molecule has 0 bridgehead atoms. The molecule has 0 aliphatic carbocycles. The molecule has 0 spiro atoms. The van der Waals surface area contributed by atoms with Crippen molar-refractivity contribution in [1.82, 2.24) is 15.0 Å². The minimum atomic E-state index is -0.194. The molecule has 6 nitrogen and oxygen atoms in total. The van der Waals surface area contributed by atoms with E-state index in [4.69, 9.17) is 5.73 Å². The van der Waals surface area contributed by atoms with Crippen LogP contribution in [0.2, 0.25) is 0 Å². The molecule has 0 saturated carbocycles. The van der Waals surface area contributed by atoms with Gasteiger partial charge in [-0.15, -0.1) is 5.10 Å². The zero-order chi connectivity index (χ0) is 13.0. The summed E-state index contributed by atoms with van der Waals surface area (Å²) >= 11 is 0. The lowest BCUT2D eigenvalue weighted by Crippen LogP contribution is -2.26. The summed E-state index contributed by atoms with van der Waals surface area (Å²) in [6.45, 7) is 2.13. The van der Waals surface area contributed by atoms with Crippen molar-refractivity contribution in [2.24, 2.45) is 11.7 Å². The molecule has 1 unspecified atom stereocenters. The zero-order valence-corrected chi connectivity index (χ0v) is 10.1. The maximum Gasteiger partial charge on any atom is 0.228 e. The van der Waals surface area contributed by atoms with Gasteiger partial charge >= 0.3 is 0 Å². The van der Waals surface area contributed by atoms with Gasteiger partial charge in [0.05, 0.1) is 18.1 Å². The average molecular weight is 245 g/mol. The second-order valence-electron chi connectivity index (χ2n) is 4.02. The first-order valence-corrected chi connectivity index (χ1v) is 5.68. The largest absolute Gasteiger partial charge is 0.330 e. The summed E-state index contributed by atoms with van der Waals surface area (Å²) in [5, 5.41) is 10.4. The Labute approximate surface area is 105 Å². The molecule has 94 valence electrons. The standard InChI is InChI=1S/C12H15N5O/c1-9(8-13)12(18)15-10-2-4-11(5-3-10)17-7-6-14-16-17/h2-7,9H,8,13H2,1H3,(H,15,18). The Morgan fingerprint density at radius 2 is 2.17 bits per heavy atom. The van der Waals surface area contributed by atoms with E-state index in [1.54, 1.807) is 24.0 Å². The van der Waals surface area contributed by atoms with E-state index in [1.165, 1.54) is 0 Å². The molecule has 1 aromatic heterocycles. The number of aromatic nitrogens is 3. The molecule has 18 heavy (non-hydrogen) atoms. The van der Waals surface area contributed by atoms with Crippen molar-refractivity contribution < 1.29 is 4.79 Å². The van der Waals surface area contributed by atoms with Crippen molar-refractivity contribution in [3.63, 3.8) is 0 Å². The molecule has 1 amide bonds. The Morgan fingerprint density at radius 3 is 2.72 bits per heavy atom. The fourth-order valence-corrected chi connectivity index (χ4v) is 1.42. The third-order valence-electron chi connectivity index (χ3n) is 2.62. The second kappa shape index (κ2) is 5.42. The van der Waals surface area contributed by atoms with Crippen LogP contribution in [0, 0.1) is 5.92 Å². The van der Waals surface area contributed by atoms with E-state index in [1.807, 2.05) is 24.3 Å². The van der Waals surface area contributed by atoms with Crippen LogP contribution in [0.25, 0.3) is 5.69 Å². The molecule has 1 atom stereocenters. The summed E-state index contributed by atoms with van der Waals surface area (Å²) in [6.07, 6.45) is 3.36. The number of hydrogen-bond donors (Lipinski definition) is 2. The van der Waals surface area contributed by atoms with E-state index in [2.05, 4.69) is 15.6 Å². The van der Waals surface area contributed by atoms with Crippen LogP contribution < -0.4 is 11.1 Å². The number of nitrogens with zero attached hydrogens (tertiary/aromatic N) is 3. The van der Waals surface area contributed by atoms with Gasteiger partial charge in [0.25, 0.3) is 0 Å². The molecule has 0 aliphatic heterocycles. The van der Waals surface area contributed by atoms with Crippen LogP contribution in [0.4, 0.5) is 5.69 Å². The number of hydrogen-bond acceptors (Lipinski definition) is 4. The lowest BCUT2D eigenvalue weighted by atomic mass is 10.1. The van der Waals surface area contributed by atoms with Crippen LogP contribution in [-0.2, 0) is 4.79 Å². The number of rotatable bonds is 4. The predicted molar refractivity (Wildman–Crippen MR) is 68.2 cm³/mol.